The van der Waals surface area contributed by atoms with E-state index in [2.05, 4.69) is 24.5 Å². The van der Waals surface area contributed by atoms with Crippen LogP contribution in [0, 0.1) is 0 Å². The van der Waals surface area contributed by atoms with E-state index >= 15 is 0 Å². The van der Waals surface area contributed by atoms with Crippen LogP contribution in [0.4, 0.5) is 0 Å². The van der Waals surface area contributed by atoms with E-state index < -0.39 is 0 Å². The number of hydrogen-bond donors (Lipinski definition) is 2. The predicted octanol–water partition coefficient (Wildman–Crippen LogP) is 2.17. The summed E-state index contributed by atoms with van der Waals surface area (Å²) in [5, 5.41) is 2.75. The van der Waals surface area contributed by atoms with E-state index in [1.807, 2.05) is 0 Å². The van der Waals surface area contributed by atoms with Crippen LogP contribution in [-0.2, 0) is 4.79 Å². The summed E-state index contributed by atoms with van der Waals surface area (Å²) in [7, 11) is 0. The first-order chi connectivity index (χ1) is 6.31. The molecular formula is C10H19NOS. The number of unbranched alkanes of at least 4 members (excludes halogenated alkanes) is 4. The molecule has 0 radical (unpaired) electrons. The van der Waals surface area contributed by atoms with E-state index in [1.54, 1.807) is 0 Å². The molecule has 0 spiro atoms. The highest BCUT2D eigenvalue weighted by Crippen LogP contribution is 2.02. The molecule has 0 aliphatic carbocycles. The first-order valence-electron chi connectivity index (χ1n) is 4.82. The van der Waals surface area contributed by atoms with Crippen molar-refractivity contribution in [1.29, 1.82) is 0 Å². The number of amides is 1. The Balaban J connectivity index is 2.99. The van der Waals surface area contributed by atoms with Gasteiger partial charge in [0.05, 0.1) is 0 Å². The van der Waals surface area contributed by atoms with Crippen molar-refractivity contribution in [3.8, 4) is 0 Å². The van der Waals surface area contributed by atoms with Crippen molar-refractivity contribution in [2.24, 2.45) is 0 Å². The third-order valence-corrected chi connectivity index (χ3v) is 2.14. The SMILES string of the molecule is C=CC(=O)NCCCCCCCS. The van der Waals surface area contributed by atoms with Crippen molar-refractivity contribution in [3.63, 3.8) is 0 Å². The topological polar surface area (TPSA) is 29.1 Å². The molecule has 0 saturated carbocycles. The van der Waals surface area contributed by atoms with Gasteiger partial charge in [-0.1, -0.05) is 25.8 Å². The summed E-state index contributed by atoms with van der Waals surface area (Å²) in [6.07, 6.45) is 7.24. The highest BCUT2D eigenvalue weighted by atomic mass is 32.1. The Morgan fingerprint density at radius 1 is 1.23 bits per heavy atom. The number of rotatable bonds is 8. The third kappa shape index (κ3) is 9.47. The molecule has 0 aliphatic rings. The zero-order chi connectivity index (χ0) is 9.94. The molecule has 0 aliphatic heterocycles. The van der Waals surface area contributed by atoms with Gasteiger partial charge in [0, 0.05) is 6.54 Å². The van der Waals surface area contributed by atoms with Crippen LogP contribution in [0.5, 0.6) is 0 Å². The molecule has 0 fully saturated rings. The van der Waals surface area contributed by atoms with Gasteiger partial charge < -0.3 is 5.32 Å². The van der Waals surface area contributed by atoms with Gasteiger partial charge in [0.15, 0.2) is 0 Å². The molecule has 3 heteroatoms. The van der Waals surface area contributed by atoms with E-state index in [4.69, 9.17) is 0 Å². The van der Waals surface area contributed by atoms with Gasteiger partial charge in [0.25, 0.3) is 0 Å². The fourth-order valence-electron chi connectivity index (χ4n) is 1.05. The minimum Gasteiger partial charge on any atom is -0.353 e. The molecule has 1 N–H and O–H groups in total. The maximum absolute atomic E-state index is 10.7. The van der Waals surface area contributed by atoms with Crippen LogP contribution in [0.3, 0.4) is 0 Å². The summed E-state index contributed by atoms with van der Waals surface area (Å²) < 4.78 is 0. The van der Waals surface area contributed by atoms with Gasteiger partial charge in [-0.25, -0.2) is 0 Å². The fourth-order valence-corrected chi connectivity index (χ4v) is 1.27. The van der Waals surface area contributed by atoms with Crippen LogP contribution < -0.4 is 5.32 Å². The maximum atomic E-state index is 10.7. The summed E-state index contributed by atoms with van der Waals surface area (Å²) in [6, 6.07) is 0. The minimum absolute atomic E-state index is 0.0737. The van der Waals surface area contributed by atoms with Crippen molar-refractivity contribution >= 4 is 18.5 Å². The highest BCUT2D eigenvalue weighted by molar-refractivity contribution is 7.80. The molecule has 0 bridgehead atoms. The van der Waals surface area contributed by atoms with Gasteiger partial charge in [-0.15, -0.1) is 0 Å². The van der Waals surface area contributed by atoms with Crippen molar-refractivity contribution in [2.75, 3.05) is 12.3 Å². The fraction of sp³-hybridized carbons (Fsp3) is 0.700. The summed E-state index contributed by atoms with van der Waals surface area (Å²) in [5.74, 6) is 0.906. The van der Waals surface area contributed by atoms with Crippen LogP contribution >= 0.6 is 12.6 Å². The second-order valence-corrected chi connectivity index (χ2v) is 3.43. The molecular weight excluding hydrogens is 182 g/mol. The normalized spacial score (nSPS) is 9.62. The summed E-state index contributed by atoms with van der Waals surface area (Å²) in [4.78, 5) is 10.7. The van der Waals surface area contributed by atoms with Gasteiger partial charge >= 0.3 is 0 Å². The molecule has 0 aromatic heterocycles. The maximum Gasteiger partial charge on any atom is 0.243 e. The van der Waals surface area contributed by atoms with Crippen molar-refractivity contribution in [1.82, 2.24) is 5.32 Å². The van der Waals surface area contributed by atoms with E-state index in [1.165, 1.54) is 31.8 Å². The minimum atomic E-state index is -0.0737. The molecule has 0 heterocycles. The Labute approximate surface area is 86.2 Å². The van der Waals surface area contributed by atoms with Crippen LogP contribution in [0.15, 0.2) is 12.7 Å². The van der Waals surface area contributed by atoms with Gasteiger partial charge in [-0.3, -0.25) is 4.79 Å². The Bertz CT molecular complexity index is 148. The molecule has 1 amide bonds. The van der Waals surface area contributed by atoms with Crippen molar-refractivity contribution in [2.45, 2.75) is 32.1 Å². The molecule has 13 heavy (non-hydrogen) atoms. The lowest BCUT2D eigenvalue weighted by atomic mass is 10.1. The summed E-state index contributed by atoms with van der Waals surface area (Å²) in [5.41, 5.74) is 0. The van der Waals surface area contributed by atoms with Gasteiger partial charge in [0.2, 0.25) is 5.91 Å². The molecule has 0 unspecified atom stereocenters. The lowest BCUT2D eigenvalue weighted by molar-refractivity contribution is -0.116. The van der Waals surface area contributed by atoms with Gasteiger partial charge in [-0.05, 0) is 24.7 Å². The number of carbonyl (C=O) groups is 1. The second kappa shape index (κ2) is 9.65. The van der Waals surface area contributed by atoms with Crippen LogP contribution in [0.1, 0.15) is 32.1 Å². The molecule has 0 rings (SSSR count). The lowest BCUT2D eigenvalue weighted by Gasteiger charge is -2.01. The van der Waals surface area contributed by atoms with Crippen molar-refractivity contribution < 1.29 is 4.79 Å². The molecule has 0 atom stereocenters. The Hall–Kier alpha value is -0.440. The molecule has 0 saturated heterocycles. The van der Waals surface area contributed by atoms with Crippen LogP contribution in [-0.4, -0.2) is 18.2 Å². The van der Waals surface area contributed by atoms with E-state index in [0.717, 1.165) is 18.7 Å². The highest BCUT2D eigenvalue weighted by Gasteiger charge is 1.92. The van der Waals surface area contributed by atoms with Crippen molar-refractivity contribution in [3.05, 3.63) is 12.7 Å². The Morgan fingerprint density at radius 3 is 2.46 bits per heavy atom. The number of nitrogens with one attached hydrogen (secondary N) is 1. The Kier molecular flexibility index (Phi) is 9.32. The predicted molar refractivity (Wildman–Crippen MR) is 60.1 cm³/mol. The zero-order valence-corrected chi connectivity index (χ0v) is 8.98. The molecule has 2 nitrogen and oxygen atoms in total. The lowest BCUT2D eigenvalue weighted by Crippen LogP contribution is -2.21. The molecule has 0 aromatic carbocycles. The van der Waals surface area contributed by atoms with E-state index in [9.17, 15) is 4.79 Å². The Morgan fingerprint density at radius 2 is 1.85 bits per heavy atom. The quantitative estimate of drug-likeness (QED) is 0.352. The number of thiol groups is 1. The largest absolute Gasteiger partial charge is 0.353 e. The van der Waals surface area contributed by atoms with Gasteiger partial charge in [0.1, 0.15) is 0 Å². The third-order valence-electron chi connectivity index (χ3n) is 1.82. The standard InChI is InChI=1S/C10H19NOS/c1-2-10(12)11-8-6-4-3-5-7-9-13/h2,13H,1,3-9H2,(H,11,12). The smallest absolute Gasteiger partial charge is 0.243 e. The second-order valence-electron chi connectivity index (χ2n) is 2.99. The van der Waals surface area contributed by atoms with E-state index in [0.29, 0.717) is 0 Å². The molecule has 0 aromatic rings. The zero-order valence-electron chi connectivity index (χ0n) is 8.09. The molecule has 76 valence electrons. The summed E-state index contributed by atoms with van der Waals surface area (Å²) >= 11 is 4.14. The summed E-state index contributed by atoms with van der Waals surface area (Å²) in [6.45, 7) is 4.15. The van der Waals surface area contributed by atoms with E-state index in [-0.39, 0.29) is 5.91 Å². The average molecular weight is 201 g/mol. The first kappa shape index (κ1) is 12.6. The number of carbonyl (C=O) groups excluding carboxylic acids is 1. The monoisotopic (exact) mass is 201 g/mol. The van der Waals surface area contributed by atoms with Crippen LogP contribution in [0.25, 0.3) is 0 Å². The van der Waals surface area contributed by atoms with Gasteiger partial charge in [-0.2, -0.15) is 12.6 Å². The average Bonchev–Trinajstić information content (AvgIpc) is 2.16. The first-order valence-corrected chi connectivity index (χ1v) is 5.45. The number of hydrogen-bond acceptors (Lipinski definition) is 2. The van der Waals surface area contributed by atoms with Crippen LogP contribution in [0.2, 0.25) is 0 Å².